The number of likely N-dealkylation sites (N-methyl/N-ethyl adjacent to an activating group) is 1. The normalized spacial score (nSPS) is 22.7. The van der Waals surface area contributed by atoms with E-state index >= 15 is 4.39 Å². The van der Waals surface area contributed by atoms with Gasteiger partial charge in [-0.05, 0) is 63.9 Å². The van der Waals surface area contributed by atoms with E-state index in [1.54, 1.807) is 4.57 Å². The van der Waals surface area contributed by atoms with Crippen LogP contribution in [0.1, 0.15) is 32.2 Å². The average Bonchev–Trinajstić information content (AvgIpc) is 3.75. The van der Waals surface area contributed by atoms with Crippen molar-refractivity contribution in [3.8, 4) is 22.8 Å². The number of likely N-dealkylation sites (tertiary alicyclic amines) is 1. The van der Waals surface area contributed by atoms with Gasteiger partial charge in [0, 0.05) is 23.5 Å². The quantitative estimate of drug-likeness (QED) is 0.272. The first-order valence-electron chi connectivity index (χ1n) is 14.3. The van der Waals surface area contributed by atoms with E-state index in [-0.39, 0.29) is 84.3 Å². The molecule has 3 aliphatic rings. The van der Waals surface area contributed by atoms with Crippen LogP contribution in [0, 0.1) is 24.1 Å². The number of nitrogens with zero attached hydrogens (tertiary/aromatic N) is 4. The van der Waals surface area contributed by atoms with E-state index in [1.165, 1.54) is 12.1 Å². The van der Waals surface area contributed by atoms with Crippen LogP contribution < -0.4 is 26.1 Å². The number of rotatable bonds is 5. The minimum atomic E-state index is -0.824. The minimum Gasteiger partial charge on any atom is -0.488 e. The predicted octanol–water partition coefficient (Wildman–Crippen LogP) is 5.75. The molecule has 9 nitrogen and oxygen atoms in total. The number of ether oxygens (including phenoxy) is 2. The zero-order chi connectivity index (χ0) is 30.2. The van der Waals surface area contributed by atoms with Gasteiger partial charge in [-0.15, -0.1) is 11.3 Å². The van der Waals surface area contributed by atoms with Crippen molar-refractivity contribution in [1.82, 2.24) is 19.8 Å². The van der Waals surface area contributed by atoms with Gasteiger partial charge in [0.2, 0.25) is 5.69 Å². The molecule has 0 amide bonds. The molecular weight excluding hydrogens is 598 g/mol. The summed E-state index contributed by atoms with van der Waals surface area (Å²) in [6.45, 7) is 12.1. The molecule has 0 radical (unpaired) electrons. The summed E-state index contributed by atoms with van der Waals surface area (Å²) in [6.07, 6.45) is 2.38. The lowest BCUT2D eigenvalue weighted by Gasteiger charge is -2.33. The van der Waals surface area contributed by atoms with Gasteiger partial charge in [-0.1, -0.05) is 17.7 Å². The number of nitrogens with one attached hydrogen (secondary N) is 1. The number of halogens is 3. The Balaban J connectivity index is 1.51. The monoisotopic (exact) mass is 626 g/mol. The summed E-state index contributed by atoms with van der Waals surface area (Å²) in [7, 11) is 2.01. The molecule has 4 atom stereocenters. The molecule has 2 unspecified atom stereocenters. The zero-order valence-electron chi connectivity index (χ0n) is 23.5. The van der Waals surface area contributed by atoms with Crippen molar-refractivity contribution in [2.24, 2.45) is 5.92 Å². The fourth-order valence-electron chi connectivity index (χ4n) is 6.96. The Kier molecular flexibility index (Phi) is 6.97. The summed E-state index contributed by atoms with van der Waals surface area (Å²) < 4.78 is 45.9. The van der Waals surface area contributed by atoms with Crippen LogP contribution in [0.15, 0.2) is 16.9 Å². The number of fused-ring (bicyclic) bond motifs is 1. The maximum absolute atomic E-state index is 16.9. The molecule has 0 spiro atoms. The van der Waals surface area contributed by atoms with Gasteiger partial charge in [0.1, 0.15) is 29.6 Å². The molecule has 3 N–H and O–H groups in total. The van der Waals surface area contributed by atoms with Gasteiger partial charge < -0.3 is 20.5 Å². The number of hydrogen-bond donors (Lipinski definition) is 2. The van der Waals surface area contributed by atoms with Crippen molar-refractivity contribution < 1.29 is 18.3 Å². The zero-order valence-corrected chi connectivity index (χ0v) is 25.1. The van der Waals surface area contributed by atoms with Gasteiger partial charge in [-0.25, -0.2) is 18.6 Å². The number of anilines is 1. The number of aromatic nitrogens is 2. The van der Waals surface area contributed by atoms with E-state index < -0.39 is 23.2 Å². The first-order chi connectivity index (χ1) is 20.7. The van der Waals surface area contributed by atoms with Gasteiger partial charge in [-0.3, -0.25) is 14.3 Å². The Labute approximate surface area is 255 Å². The van der Waals surface area contributed by atoms with E-state index in [1.807, 2.05) is 14.0 Å². The molecule has 7 rings (SSSR count). The topological polar surface area (TPSA) is 99.0 Å². The maximum Gasteiger partial charge on any atom is 0.314 e. The third-order valence-electron chi connectivity index (χ3n) is 9.10. The Morgan fingerprint density at radius 3 is 2.86 bits per heavy atom. The van der Waals surface area contributed by atoms with Crippen molar-refractivity contribution >= 4 is 54.7 Å². The Hall–Kier alpha value is -3.50. The Bertz CT molecular complexity index is 1900. The largest absolute Gasteiger partial charge is 0.488 e. The second-order valence-corrected chi connectivity index (χ2v) is 12.9. The fraction of sp³-hybridized carbons (Fsp3) is 0.433. The van der Waals surface area contributed by atoms with Gasteiger partial charge in [0.25, 0.3) is 5.88 Å². The standard InChI is InChI=1S/C30H29ClF2N6O3S/c1-13(17-5-4-10-38(17)3)42-29-30(40)39-18(14-8-9-36-11-14)12-41-26-21(31)19(22(33)24(37-29)25(26)39)15-6-7-16(32)27-20(15)23(35-2)28(34)43-27/h6-7,13-14,17-18,36H,4-5,8-12,34H2,1,3H3/t13-,14?,17-,18?/m0/s1. The second-order valence-electron chi connectivity index (χ2n) is 11.5. The highest BCUT2D eigenvalue weighted by atomic mass is 35.5. The van der Waals surface area contributed by atoms with Crippen LogP contribution in [-0.4, -0.2) is 59.9 Å². The van der Waals surface area contributed by atoms with Crippen molar-refractivity contribution in [3.63, 3.8) is 0 Å². The van der Waals surface area contributed by atoms with E-state index in [0.29, 0.717) is 6.54 Å². The highest BCUT2D eigenvalue weighted by molar-refractivity contribution is 7.23. The molecular formula is C30H29ClF2N6O3S. The van der Waals surface area contributed by atoms with Crippen molar-refractivity contribution in [1.29, 1.82) is 0 Å². The molecule has 43 heavy (non-hydrogen) atoms. The second kappa shape index (κ2) is 10.6. The molecule has 5 heterocycles. The van der Waals surface area contributed by atoms with Gasteiger partial charge in [0.05, 0.1) is 27.3 Å². The smallest absolute Gasteiger partial charge is 0.314 e. The molecule has 13 heteroatoms. The third-order valence-corrected chi connectivity index (χ3v) is 10.5. The molecule has 0 aliphatic carbocycles. The molecule has 2 aromatic heterocycles. The van der Waals surface area contributed by atoms with E-state index in [4.69, 9.17) is 33.4 Å². The number of nitrogen functional groups attached to an aromatic ring is 1. The molecule has 2 aromatic carbocycles. The van der Waals surface area contributed by atoms with E-state index in [9.17, 15) is 9.18 Å². The lowest BCUT2D eigenvalue weighted by Crippen LogP contribution is -2.42. The molecule has 3 aliphatic heterocycles. The predicted molar refractivity (Wildman–Crippen MR) is 164 cm³/mol. The van der Waals surface area contributed by atoms with Crippen molar-refractivity contribution in [2.75, 3.05) is 39.0 Å². The summed E-state index contributed by atoms with van der Waals surface area (Å²) in [5.74, 6) is -1.42. The third kappa shape index (κ3) is 4.28. The summed E-state index contributed by atoms with van der Waals surface area (Å²) >= 11 is 7.82. The lowest BCUT2D eigenvalue weighted by atomic mass is 9.95. The van der Waals surface area contributed by atoms with Crippen molar-refractivity contribution in [2.45, 2.75) is 44.4 Å². The summed E-state index contributed by atoms with van der Waals surface area (Å²) in [4.78, 5) is 24.3. The molecule has 4 aromatic rings. The summed E-state index contributed by atoms with van der Waals surface area (Å²) in [5.41, 5.74) is 5.71. The van der Waals surface area contributed by atoms with Crippen LogP contribution in [0.2, 0.25) is 5.02 Å². The fourth-order valence-corrected chi connectivity index (χ4v) is 8.22. The average molecular weight is 627 g/mol. The minimum absolute atomic E-state index is 0.0184. The van der Waals surface area contributed by atoms with Crippen LogP contribution >= 0.6 is 22.9 Å². The lowest BCUT2D eigenvalue weighted by molar-refractivity contribution is 0.113. The van der Waals surface area contributed by atoms with Crippen LogP contribution in [0.5, 0.6) is 11.6 Å². The van der Waals surface area contributed by atoms with Gasteiger partial charge >= 0.3 is 5.56 Å². The van der Waals surface area contributed by atoms with E-state index in [2.05, 4.69) is 20.0 Å². The van der Waals surface area contributed by atoms with E-state index in [0.717, 1.165) is 43.7 Å². The summed E-state index contributed by atoms with van der Waals surface area (Å²) in [6, 6.07) is 2.26. The van der Waals surface area contributed by atoms with Gasteiger partial charge in [0.15, 0.2) is 11.6 Å². The van der Waals surface area contributed by atoms with Crippen LogP contribution in [0.25, 0.3) is 37.1 Å². The Morgan fingerprint density at radius 2 is 2.16 bits per heavy atom. The van der Waals surface area contributed by atoms with Crippen LogP contribution in [-0.2, 0) is 0 Å². The SMILES string of the molecule is [C-]#[N+]c1c(N)sc2c(F)ccc(-c3c(Cl)c4c5c(nc(O[C@@H](C)[C@@H]6CCCN6C)c(=O)n5C(C5CCNC5)CO4)c3F)c12. The molecule has 0 bridgehead atoms. The number of benzene rings is 2. The van der Waals surface area contributed by atoms with Gasteiger partial charge in [-0.2, -0.15) is 0 Å². The van der Waals surface area contributed by atoms with Crippen LogP contribution in [0.4, 0.5) is 19.5 Å². The van der Waals surface area contributed by atoms with Crippen LogP contribution in [0.3, 0.4) is 0 Å². The van der Waals surface area contributed by atoms with Crippen molar-refractivity contribution in [3.05, 3.63) is 50.6 Å². The molecule has 2 fully saturated rings. The maximum atomic E-state index is 16.9. The molecule has 224 valence electrons. The Morgan fingerprint density at radius 1 is 1.35 bits per heavy atom. The number of nitrogens with two attached hydrogens (primary N) is 1. The highest BCUT2D eigenvalue weighted by Gasteiger charge is 2.38. The number of thiophene rings is 1. The number of hydrogen-bond acceptors (Lipinski definition) is 8. The first-order valence-corrected chi connectivity index (χ1v) is 15.5. The molecule has 2 saturated heterocycles. The summed E-state index contributed by atoms with van der Waals surface area (Å²) in [5, 5.41) is 3.53. The highest BCUT2D eigenvalue weighted by Crippen LogP contribution is 2.52. The first kappa shape index (κ1) is 28.3. The molecule has 0 saturated carbocycles.